The Labute approximate surface area is 185 Å². The fourth-order valence-electron chi connectivity index (χ4n) is 3.96. The summed E-state index contributed by atoms with van der Waals surface area (Å²) in [5.41, 5.74) is 6.13. The van der Waals surface area contributed by atoms with Gasteiger partial charge in [0, 0.05) is 37.1 Å². The Morgan fingerprint density at radius 3 is 1.87 bits per heavy atom. The van der Waals surface area contributed by atoms with Gasteiger partial charge in [0.25, 0.3) is 0 Å². The Morgan fingerprint density at radius 2 is 1.35 bits per heavy atom. The highest BCUT2D eigenvalue weighted by Gasteiger charge is 2.26. The molecule has 2 aromatic rings. The van der Waals surface area contributed by atoms with E-state index < -0.39 is 0 Å². The quantitative estimate of drug-likeness (QED) is 0.748. The zero-order chi connectivity index (χ0) is 22.5. The molecule has 0 spiro atoms. The molecular formula is C25H34N4O2. The Balaban J connectivity index is 1.48. The standard InChI is InChI=1S/C25H34N4O2/c1-17-6-8-19(3)22(12-17)26-24(30)15-28-10-11-29(21(5)14-28)16-25(31)27-23-13-18(2)7-9-20(23)4/h6-9,12-13,21H,10-11,14-16H2,1-5H3,(H,26,30)(H,27,31). The van der Waals surface area contributed by atoms with Crippen LogP contribution in [0.5, 0.6) is 0 Å². The van der Waals surface area contributed by atoms with Crippen molar-refractivity contribution in [2.24, 2.45) is 0 Å². The summed E-state index contributed by atoms with van der Waals surface area (Å²) in [5, 5.41) is 6.08. The van der Waals surface area contributed by atoms with Gasteiger partial charge < -0.3 is 10.6 Å². The number of piperazine rings is 1. The first kappa shape index (κ1) is 23.0. The molecule has 0 radical (unpaired) electrons. The van der Waals surface area contributed by atoms with Crippen LogP contribution in [0.1, 0.15) is 29.2 Å². The minimum absolute atomic E-state index is 0.00154. The first-order chi connectivity index (χ1) is 14.7. The van der Waals surface area contributed by atoms with Crippen LogP contribution in [0.25, 0.3) is 0 Å². The van der Waals surface area contributed by atoms with E-state index in [9.17, 15) is 9.59 Å². The lowest BCUT2D eigenvalue weighted by Crippen LogP contribution is -2.55. The monoisotopic (exact) mass is 422 g/mol. The number of rotatable bonds is 6. The molecule has 3 rings (SSSR count). The molecule has 0 bridgehead atoms. The van der Waals surface area contributed by atoms with Crippen molar-refractivity contribution in [3.63, 3.8) is 0 Å². The highest BCUT2D eigenvalue weighted by Crippen LogP contribution is 2.18. The maximum absolute atomic E-state index is 12.6. The smallest absolute Gasteiger partial charge is 0.238 e. The van der Waals surface area contributed by atoms with Gasteiger partial charge in [-0.3, -0.25) is 19.4 Å². The maximum Gasteiger partial charge on any atom is 0.238 e. The molecule has 0 saturated carbocycles. The van der Waals surface area contributed by atoms with E-state index >= 15 is 0 Å². The van der Waals surface area contributed by atoms with Crippen molar-refractivity contribution in [2.45, 2.75) is 40.7 Å². The number of carbonyl (C=O) groups excluding carboxylic acids is 2. The topological polar surface area (TPSA) is 64.7 Å². The van der Waals surface area contributed by atoms with Crippen LogP contribution in [0, 0.1) is 27.7 Å². The largest absolute Gasteiger partial charge is 0.325 e. The number of aryl methyl sites for hydroxylation is 4. The lowest BCUT2D eigenvalue weighted by atomic mass is 10.1. The first-order valence-corrected chi connectivity index (χ1v) is 10.9. The van der Waals surface area contributed by atoms with Gasteiger partial charge in [-0.2, -0.15) is 0 Å². The third-order valence-electron chi connectivity index (χ3n) is 5.90. The summed E-state index contributed by atoms with van der Waals surface area (Å²) in [6, 6.07) is 12.3. The molecule has 6 nitrogen and oxygen atoms in total. The number of hydrogen-bond donors (Lipinski definition) is 2. The fourth-order valence-corrected chi connectivity index (χ4v) is 3.96. The Kier molecular flexibility index (Phi) is 7.46. The number of amides is 2. The number of carbonyl (C=O) groups is 2. The summed E-state index contributed by atoms with van der Waals surface area (Å²) in [5.74, 6) is 0.00341. The summed E-state index contributed by atoms with van der Waals surface area (Å²) in [4.78, 5) is 29.5. The van der Waals surface area contributed by atoms with Crippen LogP contribution in [-0.2, 0) is 9.59 Å². The van der Waals surface area contributed by atoms with E-state index in [0.717, 1.165) is 53.3 Å². The molecule has 1 saturated heterocycles. The molecule has 6 heteroatoms. The highest BCUT2D eigenvalue weighted by atomic mass is 16.2. The van der Waals surface area contributed by atoms with Crippen LogP contribution < -0.4 is 10.6 Å². The number of anilines is 2. The van der Waals surface area contributed by atoms with E-state index in [-0.39, 0.29) is 17.9 Å². The second kappa shape index (κ2) is 10.1. The maximum atomic E-state index is 12.6. The van der Waals surface area contributed by atoms with Crippen LogP contribution in [0.4, 0.5) is 11.4 Å². The van der Waals surface area contributed by atoms with Crippen LogP contribution in [0.15, 0.2) is 36.4 Å². The van der Waals surface area contributed by atoms with Crippen LogP contribution in [-0.4, -0.2) is 60.4 Å². The molecule has 31 heavy (non-hydrogen) atoms. The first-order valence-electron chi connectivity index (χ1n) is 10.9. The van der Waals surface area contributed by atoms with E-state index in [1.54, 1.807) is 0 Å². The van der Waals surface area contributed by atoms with Crippen molar-refractivity contribution in [3.8, 4) is 0 Å². The molecule has 2 aromatic carbocycles. The van der Waals surface area contributed by atoms with E-state index in [4.69, 9.17) is 0 Å². The number of nitrogens with zero attached hydrogens (tertiary/aromatic N) is 2. The van der Waals surface area contributed by atoms with Gasteiger partial charge in [-0.15, -0.1) is 0 Å². The van der Waals surface area contributed by atoms with Gasteiger partial charge in [0.2, 0.25) is 11.8 Å². The summed E-state index contributed by atoms with van der Waals surface area (Å²) in [6.07, 6.45) is 0. The van der Waals surface area contributed by atoms with Crippen LogP contribution >= 0.6 is 0 Å². The minimum atomic E-state index is 0.00154. The van der Waals surface area contributed by atoms with Crippen molar-refractivity contribution >= 4 is 23.2 Å². The van der Waals surface area contributed by atoms with Crippen molar-refractivity contribution in [2.75, 3.05) is 43.4 Å². The van der Waals surface area contributed by atoms with Gasteiger partial charge in [0.1, 0.15) is 0 Å². The highest BCUT2D eigenvalue weighted by molar-refractivity contribution is 5.93. The molecule has 0 aromatic heterocycles. The van der Waals surface area contributed by atoms with Crippen molar-refractivity contribution in [1.29, 1.82) is 0 Å². The lowest BCUT2D eigenvalue weighted by Gasteiger charge is -2.39. The Morgan fingerprint density at radius 1 is 0.839 bits per heavy atom. The summed E-state index contributed by atoms with van der Waals surface area (Å²) < 4.78 is 0. The summed E-state index contributed by atoms with van der Waals surface area (Å²) >= 11 is 0. The second-order valence-corrected chi connectivity index (χ2v) is 8.79. The third kappa shape index (κ3) is 6.39. The molecule has 1 fully saturated rings. The van der Waals surface area contributed by atoms with E-state index in [2.05, 4.69) is 27.4 Å². The zero-order valence-corrected chi connectivity index (χ0v) is 19.3. The van der Waals surface area contributed by atoms with Crippen molar-refractivity contribution in [1.82, 2.24) is 9.80 Å². The molecule has 166 valence electrons. The molecule has 1 heterocycles. The fraction of sp³-hybridized carbons (Fsp3) is 0.440. The van der Waals surface area contributed by atoms with Crippen molar-refractivity contribution < 1.29 is 9.59 Å². The molecule has 2 amide bonds. The Bertz CT molecular complexity index is 957. The van der Waals surface area contributed by atoms with Gasteiger partial charge in [-0.1, -0.05) is 24.3 Å². The predicted octanol–water partition coefficient (Wildman–Crippen LogP) is 3.50. The summed E-state index contributed by atoms with van der Waals surface area (Å²) in [6.45, 7) is 13.2. The van der Waals surface area contributed by atoms with E-state index in [0.29, 0.717) is 13.1 Å². The number of hydrogen-bond acceptors (Lipinski definition) is 4. The third-order valence-corrected chi connectivity index (χ3v) is 5.90. The number of benzene rings is 2. The van der Waals surface area contributed by atoms with Gasteiger partial charge >= 0.3 is 0 Å². The molecule has 1 unspecified atom stereocenters. The summed E-state index contributed by atoms with van der Waals surface area (Å²) in [7, 11) is 0. The molecule has 1 atom stereocenters. The predicted molar refractivity (Wildman–Crippen MR) is 127 cm³/mol. The molecule has 2 N–H and O–H groups in total. The van der Waals surface area contributed by atoms with E-state index in [1.807, 2.05) is 64.1 Å². The van der Waals surface area contributed by atoms with Gasteiger partial charge in [0.05, 0.1) is 13.1 Å². The lowest BCUT2D eigenvalue weighted by molar-refractivity contribution is -0.120. The van der Waals surface area contributed by atoms with Gasteiger partial charge in [0.15, 0.2) is 0 Å². The van der Waals surface area contributed by atoms with Gasteiger partial charge in [-0.25, -0.2) is 0 Å². The van der Waals surface area contributed by atoms with Crippen LogP contribution in [0.3, 0.4) is 0 Å². The van der Waals surface area contributed by atoms with Crippen molar-refractivity contribution in [3.05, 3.63) is 58.7 Å². The molecular weight excluding hydrogens is 388 g/mol. The Hall–Kier alpha value is -2.70. The average molecular weight is 423 g/mol. The van der Waals surface area contributed by atoms with Crippen LogP contribution in [0.2, 0.25) is 0 Å². The normalized spacial score (nSPS) is 17.4. The minimum Gasteiger partial charge on any atom is -0.325 e. The van der Waals surface area contributed by atoms with Gasteiger partial charge in [-0.05, 0) is 69.0 Å². The van der Waals surface area contributed by atoms with E-state index in [1.165, 1.54) is 0 Å². The zero-order valence-electron chi connectivity index (χ0n) is 19.3. The molecule has 1 aliphatic rings. The molecule has 0 aliphatic carbocycles. The second-order valence-electron chi connectivity index (χ2n) is 8.79. The SMILES string of the molecule is Cc1ccc(C)c(NC(=O)CN2CCN(CC(=O)Nc3cc(C)ccc3C)C(C)C2)c1. The number of nitrogens with one attached hydrogen (secondary N) is 2. The molecule has 1 aliphatic heterocycles. The average Bonchev–Trinajstić information content (AvgIpc) is 2.69.